The maximum atomic E-state index is 11.2. The van der Waals surface area contributed by atoms with Gasteiger partial charge in [0.2, 0.25) is 0 Å². The van der Waals surface area contributed by atoms with Crippen molar-refractivity contribution in [3.05, 3.63) is 118 Å². The van der Waals surface area contributed by atoms with Gasteiger partial charge in [0, 0.05) is 44.4 Å². The number of nitro groups is 1. The zero-order valence-electron chi connectivity index (χ0n) is 21.7. The van der Waals surface area contributed by atoms with Crippen LogP contribution >= 0.6 is 0 Å². The Hall–Kier alpha value is -4.32. The lowest BCUT2D eigenvalue weighted by atomic mass is 9.72. The molecule has 4 aromatic rings. The topological polar surface area (TPSA) is 61.6 Å². The quantitative estimate of drug-likeness (QED) is 0.220. The Bertz CT molecular complexity index is 1460. The molecule has 1 N–H and O–H groups in total. The van der Waals surface area contributed by atoms with Gasteiger partial charge in [0.25, 0.3) is 5.69 Å². The minimum Gasteiger partial charge on any atom is -0.388 e. The van der Waals surface area contributed by atoms with Gasteiger partial charge >= 0.3 is 0 Å². The maximum absolute atomic E-state index is 11.2. The fraction of sp³-hybridized carbons (Fsp3) is 0.226. The summed E-state index contributed by atoms with van der Waals surface area (Å²) in [5, 5.41) is 17.1. The van der Waals surface area contributed by atoms with Crippen LogP contribution in [0.25, 0.3) is 10.8 Å². The molecule has 0 bridgehead atoms. The Balaban J connectivity index is 1.62. The zero-order valence-corrected chi connectivity index (χ0v) is 21.7. The monoisotopic (exact) mass is 492 g/mol. The van der Waals surface area contributed by atoms with E-state index < -0.39 is 0 Å². The molecule has 4 aromatic carbocycles. The molecule has 0 radical (unpaired) electrons. The molecular formula is C31H32N4O2. The number of fused-ring (bicyclic) bond motifs is 2. The Kier molecular flexibility index (Phi) is 6.34. The van der Waals surface area contributed by atoms with Crippen LogP contribution in [0.1, 0.15) is 24.5 Å². The van der Waals surface area contributed by atoms with Crippen LogP contribution in [0.3, 0.4) is 0 Å². The second kappa shape index (κ2) is 9.62. The van der Waals surface area contributed by atoms with E-state index >= 15 is 0 Å². The maximum Gasteiger partial charge on any atom is 0.269 e. The van der Waals surface area contributed by atoms with E-state index in [4.69, 9.17) is 0 Å². The number of para-hydroxylation sites is 2. The highest BCUT2D eigenvalue weighted by Gasteiger charge is 2.33. The molecule has 0 spiro atoms. The predicted octanol–water partition coefficient (Wildman–Crippen LogP) is 7.11. The molecule has 37 heavy (non-hydrogen) atoms. The standard InChI is InChI=1S/C31H32N4O2/c1-31(21-22-13-16-24(17-14-22)35(36)37,30-25-10-6-5-9-23(25)15-18-26(30)32-2)20-19-29-33(3)27-11-7-8-12-28(27)34(29)4/h5-19,32H,20-21H2,1-4H3. The van der Waals surface area contributed by atoms with E-state index in [9.17, 15) is 10.1 Å². The van der Waals surface area contributed by atoms with Gasteiger partial charge in [-0.05, 0) is 59.0 Å². The zero-order chi connectivity index (χ0) is 26.2. The number of benzene rings is 4. The molecule has 5 rings (SSSR count). The van der Waals surface area contributed by atoms with Crippen LogP contribution in [0.4, 0.5) is 22.7 Å². The van der Waals surface area contributed by atoms with Crippen molar-refractivity contribution in [1.29, 1.82) is 0 Å². The number of anilines is 3. The number of rotatable bonds is 7. The highest BCUT2D eigenvalue weighted by Crippen LogP contribution is 2.44. The van der Waals surface area contributed by atoms with Crippen LogP contribution in [-0.4, -0.2) is 26.1 Å². The molecule has 0 fully saturated rings. The van der Waals surface area contributed by atoms with Crippen LogP contribution in [0.15, 0.2) is 96.8 Å². The number of hydrogen-bond donors (Lipinski definition) is 1. The number of allylic oxidation sites excluding steroid dienone is 1. The van der Waals surface area contributed by atoms with Crippen molar-refractivity contribution < 1.29 is 4.92 Å². The molecule has 0 saturated carbocycles. The molecule has 6 nitrogen and oxygen atoms in total. The van der Waals surface area contributed by atoms with Gasteiger partial charge in [-0.25, -0.2) is 0 Å². The summed E-state index contributed by atoms with van der Waals surface area (Å²) in [6.07, 6.45) is 3.84. The fourth-order valence-corrected chi connectivity index (χ4v) is 5.67. The van der Waals surface area contributed by atoms with E-state index in [2.05, 4.69) is 103 Å². The van der Waals surface area contributed by atoms with Crippen LogP contribution < -0.4 is 15.1 Å². The van der Waals surface area contributed by atoms with E-state index in [-0.39, 0.29) is 16.0 Å². The van der Waals surface area contributed by atoms with Crippen LogP contribution in [0.5, 0.6) is 0 Å². The molecule has 0 amide bonds. The van der Waals surface area contributed by atoms with Crippen molar-refractivity contribution >= 4 is 33.5 Å². The summed E-state index contributed by atoms with van der Waals surface area (Å²) in [6.45, 7) is 2.30. The van der Waals surface area contributed by atoms with Gasteiger partial charge < -0.3 is 15.1 Å². The largest absolute Gasteiger partial charge is 0.388 e. The number of nitro benzene ring substituents is 1. The summed E-state index contributed by atoms with van der Waals surface area (Å²) in [4.78, 5) is 15.4. The van der Waals surface area contributed by atoms with Gasteiger partial charge in [0.1, 0.15) is 5.82 Å². The molecule has 0 aliphatic carbocycles. The van der Waals surface area contributed by atoms with Crippen molar-refractivity contribution in [2.24, 2.45) is 0 Å². The second-order valence-electron chi connectivity index (χ2n) is 9.99. The molecule has 6 heteroatoms. The summed E-state index contributed by atoms with van der Waals surface area (Å²) in [5.41, 5.74) is 5.61. The summed E-state index contributed by atoms with van der Waals surface area (Å²) >= 11 is 0. The molecule has 188 valence electrons. The molecule has 1 heterocycles. The van der Waals surface area contributed by atoms with Crippen LogP contribution in [0.2, 0.25) is 0 Å². The normalized spacial score (nSPS) is 14.4. The van der Waals surface area contributed by atoms with Crippen molar-refractivity contribution in [3.8, 4) is 0 Å². The van der Waals surface area contributed by atoms with Gasteiger partial charge in [0.15, 0.2) is 0 Å². The molecule has 0 aromatic heterocycles. The Labute approximate surface area is 218 Å². The first-order chi connectivity index (χ1) is 17.8. The van der Waals surface area contributed by atoms with E-state index in [1.54, 1.807) is 12.1 Å². The minimum absolute atomic E-state index is 0.112. The summed E-state index contributed by atoms with van der Waals surface area (Å²) < 4.78 is 0. The van der Waals surface area contributed by atoms with Gasteiger partial charge in [-0.15, -0.1) is 0 Å². The minimum atomic E-state index is -0.347. The lowest BCUT2D eigenvalue weighted by Gasteiger charge is -2.34. The molecule has 0 saturated heterocycles. The smallest absolute Gasteiger partial charge is 0.269 e. The summed E-state index contributed by atoms with van der Waals surface area (Å²) in [7, 11) is 6.19. The SMILES string of the molecule is CNc1ccc2ccccc2c1C(C)(CC=C1N(C)c2ccccc2N1C)Cc1ccc([N+](=O)[O-])cc1. The lowest BCUT2D eigenvalue weighted by Crippen LogP contribution is -2.28. The number of nitrogens with zero attached hydrogens (tertiary/aromatic N) is 3. The molecule has 1 aliphatic rings. The average Bonchev–Trinajstić information content (AvgIpc) is 3.16. The lowest BCUT2D eigenvalue weighted by molar-refractivity contribution is -0.384. The summed E-state index contributed by atoms with van der Waals surface area (Å²) in [5.74, 6) is 1.14. The molecule has 1 aliphatic heterocycles. The first-order valence-corrected chi connectivity index (χ1v) is 12.5. The predicted molar refractivity (Wildman–Crippen MR) is 154 cm³/mol. The van der Waals surface area contributed by atoms with Crippen molar-refractivity contribution in [3.63, 3.8) is 0 Å². The van der Waals surface area contributed by atoms with Gasteiger partial charge in [-0.2, -0.15) is 0 Å². The van der Waals surface area contributed by atoms with E-state index in [0.717, 1.165) is 29.9 Å². The van der Waals surface area contributed by atoms with Gasteiger partial charge in [-0.1, -0.05) is 61.5 Å². The van der Waals surface area contributed by atoms with E-state index in [0.29, 0.717) is 0 Å². The van der Waals surface area contributed by atoms with Crippen LogP contribution in [0, 0.1) is 10.1 Å². The summed E-state index contributed by atoms with van der Waals surface area (Å²) in [6, 6.07) is 28.2. The third kappa shape index (κ3) is 4.40. The van der Waals surface area contributed by atoms with Crippen molar-refractivity contribution in [1.82, 2.24) is 0 Å². The number of non-ortho nitro benzene ring substituents is 1. The second-order valence-corrected chi connectivity index (χ2v) is 9.99. The molecule has 1 atom stereocenters. The Morgan fingerprint density at radius 1 is 0.892 bits per heavy atom. The highest BCUT2D eigenvalue weighted by atomic mass is 16.6. The first-order valence-electron chi connectivity index (χ1n) is 12.5. The van der Waals surface area contributed by atoms with Gasteiger partial charge in [0.05, 0.1) is 16.3 Å². The van der Waals surface area contributed by atoms with Gasteiger partial charge in [-0.3, -0.25) is 10.1 Å². The third-order valence-corrected chi connectivity index (χ3v) is 7.57. The average molecular weight is 493 g/mol. The number of hydrogen-bond acceptors (Lipinski definition) is 5. The fourth-order valence-electron chi connectivity index (χ4n) is 5.67. The first kappa shape index (κ1) is 24.4. The molecular weight excluding hydrogens is 460 g/mol. The Morgan fingerprint density at radius 2 is 1.51 bits per heavy atom. The Morgan fingerprint density at radius 3 is 2.14 bits per heavy atom. The number of nitrogens with one attached hydrogen (secondary N) is 1. The third-order valence-electron chi connectivity index (χ3n) is 7.57. The van der Waals surface area contributed by atoms with E-state index in [1.165, 1.54) is 27.7 Å². The van der Waals surface area contributed by atoms with Crippen molar-refractivity contribution in [2.45, 2.75) is 25.2 Å². The van der Waals surface area contributed by atoms with Crippen LogP contribution in [-0.2, 0) is 11.8 Å². The molecule has 1 unspecified atom stereocenters. The van der Waals surface area contributed by atoms with Crippen molar-refractivity contribution in [2.75, 3.05) is 36.3 Å². The van der Waals surface area contributed by atoms with E-state index in [1.807, 2.05) is 19.2 Å². The highest BCUT2D eigenvalue weighted by molar-refractivity contribution is 5.91.